The highest BCUT2D eigenvalue weighted by Crippen LogP contribution is 2.34. The molecule has 2 heterocycles. The van der Waals surface area contributed by atoms with E-state index < -0.39 is 6.10 Å². The maximum absolute atomic E-state index is 10.5. The van der Waals surface area contributed by atoms with Crippen LogP contribution in [0.5, 0.6) is 11.5 Å². The van der Waals surface area contributed by atoms with E-state index in [0.29, 0.717) is 18.8 Å². The molecule has 6 heteroatoms. The van der Waals surface area contributed by atoms with Crippen LogP contribution in [-0.4, -0.2) is 29.9 Å². The lowest BCUT2D eigenvalue weighted by Gasteiger charge is -2.23. The fourth-order valence-electron chi connectivity index (χ4n) is 2.51. The van der Waals surface area contributed by atoms with Crippen LogP contribution in [0.1, 0.15) is 16.5 Å². The normalized spacial score (nSPS) is 14.2. The average molecular weight is 352 g/mol. The maximum Gasteiger partial charge on any atom is 0.231 e. The van der Waals surface area contributed by atoms with Gasteiger partial charge in [-0.15, -0.1) is 17.9 Å². The van der Waals surface area contributed by atoms with Gasteiger partial charge in [-0.2, -0.15) is 0 Å². The minimum atomic E-state index is -0.611. The lowest BCUT2D eigenvalue weighted by Crippen LogP contribution is -2.28. The highest BCUT2D eigenvalue weighted by molar-refractivity contribution is 7.16. The van der Waals surface area contributed by atoms with E-state index in [9.17, 15) is 5.11 Å². The molecule has 3 rings (SSSR count). The van der Waals surface area contributed by atoms with E-state index in [0.717, 1.165) is 27.1 Å². The Labute approximate surface area is 144 Å². The summed E-state index contributed by atoms with van der Waals surface area (Å²) < 4.78 is 11.4. The fraction of sp³-hybridized carbons (Fsp3) is 0.294. The van der Waals surface area contributed by atoms with E-state index in [-0.39, 0.29) is 6.79 Å². The smallest absolute Gasteiger partial charge is 0.231 e. The Hall–Kier alpha value is -1.53. The first-order valence-corrected chi connectivity index (χ1v) is 8.50. The zero-order valence-electron chi connectivity index (χ0n) is 12.6. The van der Waals surface area contributed by atoms with Gasteiger partial charge < -0.3 is 14.6 Å². The molecule has 2 aromatic rings. The van der Waals surface area contributed by atoms with Gasteiger partial charge in [-0.3, -0.25) is 4.90 Å². The predicted molar refractivity (Wildman–Crippen MR) is 92.3 cm³/mol. The number of hydrogen-bond acceptors (Lipinski definition) is 5. The van der Waals surface area contributed by atoms with Crippen LogP contribution < -0.4 is 9.47 Å². The van der Waals surface area contributed by atoms with Crippen LogP contribution in [0.2, 0.25) is 4.34 Å². The summed E-state index contributed by atoms with van der Waals surface area (Å²) >= 11 is 7.53. The summed E-state index contributed by atoms with van der Waals surface area (Å²) in [6.07, 6.45) is 1.22. The third-order valence-corrected chi connectivity index (χ3v) is 4.82. The molecule has 1 aliphatic heterocycles. The molecule has 1 aromatic carbocycles. The van der Waals surface area contributed by atoms with Crippen LogP contribution in [0, 0.1) is 0 Å². The monoisotopic (exact) mass is 351 g/mol. The zero-order chi connectivity index (χ0) is 16.2. The van der Waals surface area contributed by atoms with Crippen molar-refractivity contribution in [3.63, 3.8) is 0 Å². The number of hydrogen-bond donors (Lipinski definition) is 1. The Bertz CT molecular complexity index is 688. The first kappa shape index (κ1) is 16.3. The van der Waals surface area contributed by atoms with E-state index in [4.69, 9.17) is 21.1 Å². The van der Waals surface area contributed by atoms with Crippen molar-refractivity contribution in [1.29, 1.82) is 0 Å². The number of halogens is 1. The Morgan fingerprint density at radius 1 is 1.30 bits per heavy atom. The van der Waals surface area contributed by atoms with E-state index in [1.54, 1.807) is 11.3 Å². The summed E-state index contributed by atoms with van der Waals surface area (Å²) in [6, 6.07) is 9.43. The molecule has 4 nitrogen and oxygen atoms in total. The first-order valence-electron chi connectivity index (χ1n) is 7.31. The largest absolute Gasteiger partial charge is 0.454 e. The maximum atomic E-state index is 10.5. The van der Waals surface area contributed by atoms with Crippen molar-refractivity contribution in [3.8, 4) is 11.5 Å². The van der Waals surface area contributed by atoms with E-state index in [2.05, 4.69) is 11.5 Å². The molecule has 122 valence electrons. The van der Waals surface area contributed by atoms with Crippen molar-refractivity contribution in [2.24, 2.45) is 0 Å². The number of rotatable bonds is 7. The van der Waals surface area contributed by atoms with Crippen molar-refractivity contribution in [1.82, 2.24) is 4.90 Å². The number of nitrogens with zero attached hydrogens (tertiary/aromatic N) is 1. The lowest BCUT2D eigenvalue weighted by atomic mass is 10.1. The van der Waals surface area contributed by atoms with Crippen molar-refractivity contribution in [2.75, 3.05) is 19.9 Å². The SMILES string of the molecule is C=CCN(Cc1ccc(Cl)s1)CC(O)c1ccc2c(c1)OCO2. The molecular weight excluding hydrogens is 334 g/mol. The van der Waals surface area contributed by atoms with Crippen molar-refractivity contribution >= 4 is 22.9 Å². The molecule has 0 amide bonds. The molecule has 0 spiro atoms. The summed E-state index contributed by atoms with van der Waals surface area (Å²) in [5.41, 5.74) is 0.813. The number of benzene rings is 1. The van der Waals surface area contributed by atoms with Gasteiger partial charge in [-0.25, -0.2) is 0 Å². The van der Waals surface area contributed by atoms with Gasteiger partial charge in [-0.05, 0) is 29.8 Å². The lowest BCUT2D eigenvalue weighted by molar-refractivity contribution is 0.116. The molecule has 23 heavy (non-hydrogen) atoms. The number of ether oxygens (including phenoxy) is 2. The molecule has 1 atom stereocenters. The van der Waals surface area contributed by atoms with Crippen molar-refractivity contribution < 1.29 is 14.6 Å². The third kappa shape index (κ3) is 4.06. The van der Waals surface area contributed by atoms with E-state index in [1.165, 1.54) is 0 Å². The van der Waals surface area contributed by atoms with Crippen LogP contribution in [0.4, 0.5) is 0 Å². The minimum absolute atomic E-state index is 0.233. The Morgan fingerprint density at radius 2 is 2.13 bits per heavy atom. The highest BCUT2D eigenvalue weighted by Gasteiger charge is 2.18. The van der Waals surface area contributed by atoms with Gasteiger partial charge in [0.25, 0.3) is 0 Å². The average Bonchev–Trinajstić information content (AvgIpc) is 3.15. The highest BCUT2D eigenvalue weighted by atomic mass is 35.5. The van der Waals surface area contributed by atoms with Gasteiger partial charge in [0.2, 0.25) is 6.79 Å². The number of thiophene rings is 1. The summed E-state index contributed by atoms with van der Waals surface area (Å²) in [5.74, 6) is 1.40. The Morgan fingerprint density at radius 3 is 2.87 bits per heavy atom. The number of aliphatic hydroxyl groups excluding tert-OH is 1. The predicted octanol–water partition coefficient (Wildman–Crippen LogP) is 3.85. The second-order valence-electron chi connectivity index (χ2n) is 5.32. The molecule has 1 unspecified atom stereocenters. The van der Waals surface area contributed by atoms with Gasteiger partial charge in [-0.1, -0.05) is 23.7 Å². The van der Waals surface area contributed by atoms with Crippen LogP contribution in [0.15, 0.2) is 43.0 Å². The van der Waals surface area contributed by atoms with Crippen LogP contribution in [0.3, 0.4) is 0 Å². The molecule has 0 radical (unpaired) electrons. The van der Waals surface area contributed by atoms with Gasteiger partial charge in [0.1, 0.15) is 0 Å². The molecule has 1 N–H and O–H groups in total. The number of fused-ring (bicyclic) bond motifs is 1. The quantitative estimate of drug-likeness (QED) is 0.769. The van der Waals surface area contributed by atoms with Gasteiger partial charge in [0.15, 0.2) is 11.5 Å². The first-order chi connectivity index (χ1) is 11.2. The second-order valence-corrected chi connectivity index (χ2v) is 7.12. The summed E-state index contributed by atoms with van der Waals surface area (Å²) in [7, 11) is 0. The minimum Gasteiger partial charge on any atom is -0.454 e. The van der Waals surface area contributed by atoms with Gasteiger partial charge in [0, 0.05) is 24.5 Å². The number of aliphatic hydroxyl groups is 1. The molecule has 0 bridgehead atoms. The van der Waals surface area contributed by atoms with Crippen molar-refractivity contribution in [2.45, 2.75) is 12.6 Å². The molecule has 1 aliphatic rings. The molecule has 0 aliphatic carbocycles. The van der Waals surface area contributed by atoms with Gasteiger partial charge in [0.05, 0.1) is 10.4 Å². The standard InChI is InChI=1S/C17H18ClNO3S/c1-2-7-19(9-13-4-6-17(18)23-13)10-14(20)12-3-5-15-16(8-12)22-11-21-15/h2-6,8,14,20H,1,7,9-11H2. The zero-order valence-corrected chi connectivity index (χ0v) is 14.1. The van der Waals surface area contributed by atoms with Crippen LogP contribution >= 0.6 is 22.9 Å². The third-order valence-electron chi connectivity index (χ3n) is 3.61. The van der Waals surface area contributed by atoms with E-state index in [1.807, 2.05) is 36.4 Å². The second kappa shape index (κ2) is 7.36. The van der Waals surface area contributed by atoms with Gasteiger partial charge >= 0.3 is 0 Å². The Balaban J connectivity index is 1.67. The van der Waals surface area contributed by atoms with Crippen molar-refractivity contribution in [3.05, 3.63) is 57.8 Å². The molecular formula is C17H18ClNO3S. The molecule has 0 saturated heterocycles. The van der Waals surface area contributed by atoms with E-state index >= 15 is 0 Å². The van der Waals surface area contributed by atoms with Crippen LogP contribution in [-0.2, 0) is 6.54 Å². The summed E-state index contributed by atoms with van der Waals surface area (Å²) in [5, 5.41) is 10.5. The molecule has 1 aromatic heterocycles. The fourth-order valence-corrected chi connectivity index (χ4v) is 3.64. The molecule has 0 fully saturated rings. The summed E-state index contributed by atoms with van der Waals surface area (Å²) in [4.78, 5) is 3.29. The Kier molecular flexibility index (Phi) is 5.23. The summed E-state index contributed by atoms with van der Waals surface area (Å²) in [6.45, 7) is 5.94. The topological polar surface area (TPSA) is 41.9 Å². The molecule has 0 saturated carbocycles. The van der Waals surface area contributed by atoms with Crippen LogP contribution in [0.25, 0.3) is 0 Å².